The van der Waals surface area contributed by atoms with Crippen molar-refractivity contribution < 1.29 is 4.74 Å². The smallest absolute Gasteiger partial charge is 0.123 e. The summed E-state index contributed by atoms with van der Waals surface area (Å²) in [5.74, 6) is 1.48. The van der Waals surface area contributed by atoms with Crippen LogP contribution in [-0.4, -0.2) is 20.2 Å². The van der Waals surface area contributed by atoms with Crippen molar-refractivity contribution in [1.82, 2.24) is 5.32 Å². The molecule has 1 aromatic rings. The van der Waals surface area contributed by atoms with Crippen LogP contribution >= 0.6 is 0 Å². The van der Waals surface area contributed by atoms with E-state index in [0.717, 1.165) is 18.8 Å². The second kappa shape index (κ2) is 6.51. The Labute approximate surface area is 98.0 Å². The molecule has 0 amide bonds. The highest BCUT2D eigenvalue weighted by molar-refractivity contribution is 5.38. The predicted octanol–water partition coefficient (Wildman–Crippen LogP) is 1.87. The van der Waals surface area contributed by atoms with Gasteiger partial charge in [-0.2, -0.15) is 0 Å². The fraction of sp³-hybridized carbons (Fsp3) is 0.538. The Morgan fingerprint density at radius 1 is 1.38 bits per heavy atom. The highest BCUT2D eigenvalue weighted by Gasteiger charge is 2.06. The summed E-state index contributed by atoms with van der Waals surface area (Å²) in [6.45, 7) is 6.68. The van der Waals surface area contributed by atoms with E-state index in [1.165, 1.54) is 11.1 Å². The maximum absolute atomic E-state index is 5.45. The third-order valence-electron chi connectivity index (χ3n) is 2.61. The van der Waals surface area contributed by atoms with Gasteiger partial charge in [-0.05, 0) is 17.5 Å². The molecule has 0 bridgehead atoms. The topological polar surface area (TPSA) is 47.3 Å². The van der Waals surface area contributed by atoms with E-state index in [1.54, 1.807) is 7.11 Å². The summed E-state index contributed by atoms with van der Waals surface area (Å²) in [5.41, 5.74) is 7.98. The number of hydrogen-bond donors (Lipinski definition) is 2. The Kier molecular flexibility index (Phi) is 5.29. The van der Waals surface area contributed by atoms with Gasteiger partial charge in [-0.3, -0.25) is 0 Å². The van der Waals surface area contributed by atoms with Crippen molar-refractivity contribution in [2.45, 2.75) is 26.3 Å². The average Bonchev–Trinajstić information content (AvgIpc) is 2.29. The normalized spacial score (nSPS) is 10.8. The van der Waals surface area contributed by atoms with E-state index >= 15 is 0 Å². The van der Waals surface area contributed by atoms with Gasteiger partial charge in [0.15, 0.2) is 0 Å². The first-order valence-electron chi connectivity index (χ1n) is 5.76. The van der Waals surface area contributed by atoms with Gasteiger partial charge in [0.2, 0.25) is 0 Å². The molecule has 90 valence electrons. The third-order valence-corrected chi connectivity index (χ3v) is 2.61. The van der Waals surface area contributed by atoms with Crippen molar-refractivity contribution >= 4 is 0 Å². The number of rotatable bonds is 6. The van der Waals surface area contributed by atoms with Crippen LogP contribution in [0.4, 0.5) is 0 Å². The van der Waals surface area contributed by atoms with Gasteiger partial charge in [0, 0.05) is 25.2 Å². The molecule has 0 saturated heterocycles. The maximum Gasteiger partial charge on any atom is 0.123 e. The molecule has 0 aliphatic heterocycles. The van der Waals surface area contributed by atoms with Crippen LogP contribution in [0.2, 0.25) is 0 Å². The zero-order valence-electron chi connectivity index (χ0n) is 10.4. The number of ether oxygens (including phenoxy) is 1. The lowest BCUT2D eigenvalue weighted by atomic mass is 10.0. The highest BCUT2D eigenvalue weighted by atomic mass is 16.5. The number of hydrogen-bond acceptors (Lipinski definition) is 3. The van der Waals surface area contributed by atoms with Crippen molar-refractivity contribution in [2.75, 3.05) is 20.2 Å². The van der Waals surface area contributed by atoms with Crippen LogP contribution in [0.3, 0.4) is 0 Å². The lowest BCUT2D eigenvalue weighted by molar-refractivity contribution is 0.407. The number of methoxy groups -OCH3 is 1. The van der Waals surface area contributed by atoms with E-state index in [-0.39, 0.29) is 0 Å². The monoisotopic (exact) mass is 222 g/mol. The first-order chi connectivity index (χ1) is 7.69. The molecular weight excluding hydrogens is 200 g/mol. The number of benzene rings is 1. The minimum Gasteiger partial charge on any atom is -0.496 e. The van der Waals surface area contributed by atoms with Gasteiger partial charge in [0.05, 0.1) is 7.11 Å². The van der Waals surface area contributed by atoms with E-state index < -0.39 is 0 Å². The first-order valence-corrected chi connectivity index (χ1v) is 5.76. The molecule has 0 atom stereocenters. The van der Waals surface area contributed by atoms with Crippen molar-refractivity contribution in [3.8, 4) is 5.75 Å². The SMILES string of the molecule is COc1ccc(C(C)C)cc1CNCCN. The fourth-order valence-corrected chi connectivity index (χ4v) is 1.62. The van der Waals surface area contributed by atoms with Gasteiger partial charge >= 0.3 is 0 Å². The second-order valence-electron chi connectivity index (χ2n) is 4.19. The quantitative estimate of drug-likeness (QED) is 0.722. The summed E-state index contributed by atoms with van der Waals surface area (Å²) < 4.78 is 5.34. The Hall–Kier alpha value is -1.06. The van der Waals surface area contributed by atoms with Crippen LogP contribution in [0.1, 0.15) is 30.9 Å². The zero-order chi connectivity index (χ0) is 12.0. The Morgan fingerprint density at radius 2 is 2.12 bits per heavy atom. The molecule has 0 spiro atoms. The molecule has 16 heavy (non-hydrogen) atoms. The predicted molar refractivity (Wildman–Crippen MR) is 67.8 cm³/mol. The Bertz CT molecular complexity index is 324. The molecular formula is C13H22N2O. The van der Waals surface area contributed by atoms with Gasteiger partial charge in [-0.25, -0.2) is 0 Å². The van der Waals surface area contributed by atoms with Crippen LogP contribution in [0.25, 0.3) is 0 Å². The molecule has 1 aromatic carbocycles. The van der Waals surface area contributed by atoms with Crippen LogP contribution in [0.5, 0.6) is 5.75 Å². The summed E-state index contributed by atoms with van der Waals surface area (Å²) >= 11 is 0. The fourth-order valence-electron chi connectivity index (χ4n) is 1.62. The van der Waals surface area contributed by atoms with Crippen molar-refractivity contribution in [2.24, 2.45) is 5.73 Å². The van der Waals surface area contributed by atoms with E-state index in [2.05, 4.69) is 31.3 Å². The van der Waals surface area contributed by atoms with Gasteiger partial charge in [0.25, 0.3) is 0 Å². The molecule has 0 aliphatic carbocycles. The summed E-state index contributed by atoms with van der Waals surface area (Å²) in [7, 11) is 1.71. The first kappa shape index (κ1) is 13.0. The molecule has 0 aliphatic rings. The standard InChI is InChI=1S/C13H22N2O/c1-10(2)11-4-5-13(16-3)12(8-11)9-15-7-6-14/h4-5,8,10,15H,6-7,9,14H2,1-3H3. The summed E-state index contributed by atoms with van der Waals surface area (Å²) in [4.78, 5) is 0. The molecule has 0 heterocycles. The van der Waals surface area contributed by atoms with E-state index in [4.69, 9.17) is 10.5 Å². The van der Waals surface area contributed by atoms with Gasteiger partial charge in [-0.1, -0.05) is 26.0 Å². The van der Waals surface area contributed by atoms with Crippen LogP contribution < -0.4 is 15.8 Å². The third kappa shape index (κ3) is 3.51. The summed E-state index contributed by atoms with van der Waals surface area (Å²) in [5, 5.41) is 3.29. The van der Waals surface area contributed by atoms with Gasteiger partial charge in [0.1, 0.15) is 5.75 Å². The maximum atomic E-state index is 5.45. The zero-order valence-corrected chi connectivity index (χ0v) is 10.4. The molecule has 0 saturated carbocycles. The van der Waals surface area contributed by atoms with Crippen LogP contribution in [-0.2, 0) is 6.54 Å². The lowest BCUT2D eigenvalue weighted by Crippen LogP contribution is -2.22. The van der Waals surface area contributed by atoms with Crippen molar-refractivity contribution in [1.29, 1.82) is 0 Å². The molecule has 0 fully saturated rings. The van der Waals surface area contributed by atoms with Gasteiger partial charge in [-0.15, -0.1) is 0 Å². The van der Waals surface area contributed by atoms with Crippen LogP contribution in [0, 0.1) is 0 Å². The molecule has 3 heteroatoms. The van der Waals surface area contributed by atoms with Crippen molar-refractivity contribution in [3.05, 3.63) is 29.3 Å². The van der Waals surface area contributed by atoms with E-state index in [1.807, 2.05) is 6.07 Å². The van der Waals surface area contributed by atoms with E-state index in [0.29, 0.717) is 12.5 Å². The minimum atomic E-state index is 0.541. The number of nitrogens with two attached hydrogens (primary N) is 1. The molecule has 3 N–H and O–H groups in total. The molecule has 1 rings (SSSR count). The average molecular weight is 222 g/mol. The summed E-state index contributed by atoms with van der Waals surface area (Å²) in [6, 6.07) is 6.36. The molecule has 0 aromatic heterocycles. The Balaban J connectivity index is 2.80. The second-order valence-corrected chi connectivity index (χ2v) is 4.19. The highest BCUT2D eigenvalue weighted by Crippen LogP contribution is 2.23. The van der Waals surface area contributed by atoms with Gasteiger partial charge < -0.3 is 15.8 Å². The largest absolute Gasteiger partial charge is 0.496 e. The summed E-state index contributed by atoms with van der Waals surface area (Å²) in [6.07, 6.45) is 0. The van der Waals surface area contributed by atoms with E-state index in [9.17, 15) is 0 Å². The van der Waals surface area contributed by atoms with Crippen molar-refractivity contribution in [3.63, 3.8) is 0 Å². The number of nitrogens with one attached hydrogen (secondary N) is 1. The van der Waals surface area contributed by atoms with Crippen LogP contribution in [0.15, 0.2) is 18.2 Å². The molecule has 3 nitrogen and oxygen atoms in total. The lowest BCUT2D eigenvalue weighted by Gasteiger charge is -2.13. The minimum absolute atomic E-state index is 0.541. The molecule has 0 radical (unpaired) electrons. The Morgan fingerprint density at radius 3 is 2.69 bits per heavy atom. The molecule has 0 unspecified atom stereocenters.